The fraction of sp³-hybridized carbons (Fsp3) is 0.143. The summed E-state index contributed by atoms with van der Waals surface area (Å²) in [4.78, 5) is 14.6. The molecule has 0 aliphatic heterocycles. The number of benzene rings is 1. The van der Waals surface area contributed by atoms with Crippen molar-refractivity contribution in [2.75, 3.05) is 0 Å². The molecule has 1 heterocycles. The van der Waals surface area contributed by atoms with Gasteiger partial charge in [-0.15, -0.1) is 0 Å². The van der Waals surface area contributed by atoms with Crippen LogP contribution in [0.3, 0.4) is 0 Å². The number of carboxylic acids is 1. The number of alkyl halides is 3. The first-order chi connectivity index (χ1) is 9.80. The Labute approximate surface area is 117 Å². The fourth-order valence-corrected chi connectivity index (χ4v) is 1.75. The molecule has 1 aromatic heterocycles. The van der Waals surface area contributed by atoms with Crippen LogP contribution in [0.5, 0.6) is 11.6 Å². The van der Waals surface area contributed by atoms with E-state index in [0.717, 1.165) is 12.1 Å². The fourth-order valence-electron chi connectivity index (χ4n) is 1.75. The lowest BCUT2D eigenvalue weighted by atomic mass is 10.1. The van der Waals surface area contributed by atoms with Gasteiger partial charge < -0.3 is 9.84 Å². The highest BCUT2D eigenvalue weighted by Gasteiger charge is 2.35. The third-order valence-electron chi connectivity index (χ3n) is 2.80. The van der Waals surface area contributed by atoms with E-state index in [1.165, 1.54) is 31.3 Å². The number of aromatic nitrogens is 1. The van der Waals surface area contributed by atoms with Crippen LogP contribution in [0.25, 0.3) is 0 Å². The summed E-state index contributed by atoms with van der Waals surface area (Å²) in [5, 5.41) is 8.99. The van der Waals surface area contributed by atoms with Gasteiger partial charge in [-0.3, -0.25) is 0 Å². The molecule has 0 fully saturated rings. The highest BCUT2D eigenvalue weighted by atomic mass is 19.4. The Morgan fingerprint density at radius 2 is 1.95 bits per heavy atom. The molecule has 0 unspecified atom stereocenters. The smallest absolute Gasteiger partial charge is 0.421 e. The Morgan fingerprint density at radius 3 is 2.57 bits per heavy atom. The highest BCUT2D eigenvalue weighted by Crippen LogP contribution is 2.37. The summed E-state index contributed by atoms with van der Waals surface area (Å²) in [7, 11) is 0. The van der Waals surface area contributed by atoms with E-state index < -0.39 is 23.6 Å². The molecule has 0 radical (unpaired) electrons. The minimum absolute atomic E-state index is 0.0131. The molecule has 1 aromatic carbocycles. The van der Waals surface area contributed by atoms with Gasteiger partial charge in [-0.05, 0) is 31.2 Å². The van der Waals surface area contributed by atoms with Crippen LogP contribution in [0, 0.1) is 6.92 Å². The maximum Gasteiger partial charge on any atom is 0.421 e. The van der Waals surface area contributed by atoms with Crippen LogP contribution in [0.4, 0.5) is 13.2 Å². The molecule has 0 spiro atoms. The molecule has 0 saturated carbocycles. The molecule has 21 heavy (non-hydrogen) atoms. The predicted octanol–water partition coefficient (Wildman–Crippen LogP) is 3.90. The number of aromatic carboxylic acids is 1. The maximum absolute atomic E-state index is 12.8. The molecule has 7 heteroatoms. The Balaban J connectivity index is 2.45. The van der Waals surface area contributed by atoms with Gasteiger partial charge in [-0.25, -0.2) is 9.78 Å². The molecule has 4 nitrogen and oxygen atoms in total. The van der Waals surface area contributed by atoms with Gasteiger partial charge in [0.2, 0.25) is 5.88 Å². The van der Waals surface area contributed by atoms with Crippen LogP contribution in [-0.4, -0.2) is 16.1 Å². The van der Waals surface area contributed by atoms with Crippen molar-refractivity contribution in [2.45, 2.75) is 13.1 Å². The van der Waals surface area contributed by atoms with Crippen LogP contribution in [0.15, 0.2) is 36.5 Å². The number of hydrogen-bond donors (Lipinski definition) is 1. The van der Waals surface area contributed by atoms with E-state index in [0.29, 0.717) is 0 Å². The average Bonchev–Trinajstić information content (AvgIpc) is 2.40. The quantitative estimate of drug-likeness (QED) is 0.933. The molecule has 0 aliphatic carbocycles. The number of nitrogens with zero attached hydrogens (tertiary/aromatic N) is 1. The summed E-state index contributed by atoms with van der Waals surface area (Å²) in [6.45, 7) is 1.45. The van der Waals surface area contributed by atoms with Crippen LogP contribution < -0.4 is 4.74 Å². The number of carboxylic acid groups (broad SMARTS) is 1. The van der Waals surface area contributed by atoms with Crippen molar-refractivity contribution < 1.29 is 27.8 Å². The van der Waals surface area contributed by atoms with Crippen molar-refractivity contribution >= 4 is 5.97 Å². The second-order valence-corrected chi connectivity index (χ2v) is 4.19. The van der Waals surface area contributed by atoms with Gasteiger partial charge in [0.25, 0.3) is 0 Å². The third kappa shape index (κ3) is 3.13. The lowest BCUT2D eigenvalue weighted by Crippen LogP contribution is -2.09. The number of rotatable bonds is 3. The van der Waals surface area contributed by atoms with Crippen molar-refractivity contribution in [3.05, 3.63) is 53.2 Å². The Kier molecular flexibility index (Phi) is 3.84. The molecular weight excluding hydrogens is 287 g/mol. The molecule has 1 N–H and O–H groups in total. The van der Waals surface area contributed by atoms with E-state index >= 15 is 0 Å². The van der Waals surface area contributed by atoms with E-state index in [1.807, 2.05) is 0 Å². The van der Waals surface area contributed by atoms with Gasteiger partial charge in [-0.2, -0.15) is 13.2 Å². The van der Waals surface area contributed by atoms with Gasteiger partial charge in [0.1, 0.15) is 11.3 Å². The minimum atomic E-state index is -4.61. The van der Waals surface area contributed by atoms with Crippen LogP contribution in [-0.2, 0) is 6.18 Å². The van der Waals surface area contributed by atoms with Crippen molar-refractivity contribution in [2.24, 2.45) is 0 Å². The molecule has 0 saturated heterocycles. The minimum Gasteiger partial charge on any atom is -0.478 e. The zero-order valence-corrected chi connectivity index (χ0v) is 10.8. The SMILES string of the molecule is Cc1c(Oc2ncccc2C(F)(F)F)cccc1C(=O)O. The topological polar surface area (TPSA) is 59.4 Å². The third-order valence-corrected chi connectivity index (χ3v) is 2.80. The van der Waals surface area contributed by atoms with E-state index in [2.05, 4.69) is 4.98 Å². The molecule has 0 atom stereocenters. The number of halogens is 3. The number of carbonyl (C=O) groups is 1. The van der Waals surface area contributed by atoms with Crippen LogP contribution in [0.2, 0.25) is 0 Å². The molecule has 0 aliphatic rings. The predicted molar refractivity (Wildman–Crippen MR) is 67.5 cm³/mol. The van der Waals surface area contributed by atoms with Crippen LogP contribution in [0.1, 0.15) is 21.5 Å². The Morgan fingerprint density at radius 1 is 1.24 bits per heavy atom. The summed E-state index contributed by atoms with van der Waals surface area (Å²) in [5.41, 5.74) is -0.842. The maximum atomic E-state index is 12.8. The molecule has 0 amide bonds. The molecule has 110 valence electrons. The summed E-state index contributed by atoms with van der Waals surface area (Å²) >= 11 is 0. The van der Waals surface area contributed by atoms with Crippen molar-refractivity contribution in [3.63, 3.8) is 0 Å². The molecular formula is C14H10F3NO3. The first kappa shape index (κ1) is 14.8. The zero-order valence-electron chi connectivity index (χ0n) is 10.8. The van der Waals surface area contributed by atoms with Gasteiger partial charge in [0, 0.05) is 11.8 Å². The number of hydrogen-bond acceptors (Lipinski definition) is 3. The number of pyridine rings is 1. The molecule has 2 rings (SSSR count). The normalized spacial score (nSPS) is 11.2. The summed E-state index contributed by atoms with van der Waals surface area (Å²) in [5.74, 6) is -1.79. The standard InChI is InChI=1S/C14H10F3NO3/c1-8-9(13(19)20)4-2-6-11(8)21-12-10(14(15,16)17)5-3-7-18-12/h2-7H,1H3,(H,19,20). The van der Waals surface area contributed by atoms with Gasteiger partial charge in [0.05, 0.1) is 5.56 Å². The van der Waals surface area contributed by atoms with Gasteiger partial charge >= 0.3 is 12.1 Å². The highest BCUT2D eigenvalue weighted by molar-refractivity contribution is 5.90. The Hall–Kier alpha value is -2.57. The summed E-state index contributed by atoms with van der Waals surface area (Å²) in [6.07, 6.45) is -3.44. The second-order valence-electron chi connectivity index (χ2n) is 4.19. The van der Waals surface area contributed by atoms with E-state index in [-0.39, 0.29) is 16.9 Å². The lowest BCUT2D eigenvalue weighted by molar-refractivity contribution is -0.138. The van der Waals surface area contributed by atoms with Gasteiger partial charge in [-0.1, -0.05) is 6.07 Å². The van der Waals surface area contributed by atoms with Crippen LogP contribution >= 0.6 is 0 Å². The summed E-state index contributed by atoms with van der Waals surface area (Å²) < 4.78 is 43.7. The van der Waals surface area contributed by atoms with E-state index in [4.69, 9.17) is 9.84 Å². The monoisotopic (exact) mass is 297 g/mol. The van der Waals surface area contributed by atoms with Gasteiger partial charge in [0.15, 0.2) is 0 Å². The van der Waals surface area contributed by atoms with Crippen molar-refractivity contribution in [1.29, 1.82) is 0 Å². The van der Waals surface area contributed by atoms with E-state index in [1.54, 1.807) is 0 Å². The first-order valence-electron chi connectivity index (χ1n) is 5.83. The van der Waals surface area contributed by atoms with Crippen molar-refractivity contribution in [1.82, 2.24) is 4.98 Å². The second kappa shape index (κ2) is 5.43. The zero-order chi connectivity index (χ0) is 15.6. The Bertz CT molecular complexity index is 683. The van der Waals surface area contributed by atoms with Crippen molar-refractivity contribution in [3.8, 4) is 11.6 Å². The molecule has 2 aromatic rings. The average molecular weight is 297 g/mol. The summed E-state index contributed by atoms with van der Waals surface area (Å²) in [6, 6.07) is 6.11. The van der Waals surface area contributed by atoms with E-state index in [9.17, 15) is 18.0 Å². The largest absolute Gasteiger partial charge is 0.478 e. The lowest BCUT2D eigenvalue weighted by Gasteiger charge is -2.14. The first-order valence-corrected chi connectivity index (χ1v) is 5.83. The molecule has 0 bridgehead atoms. The number of ether oxygens (including phenoxy) is 1.